The second kappa shape index (κ2) is 13.0. The van der Waals surface area contributed by atoms with Crippen molar-refractivity contribution in [2.45, 2.75) is 51.1 Å². The zero-order chi connectivity index (χ0) is 30.7. The number of pyridine rings is 1. The molecule has 1 aromatic heterocycles. The van der Waals surface area contributed by atoms with Crippen molar-refractivity contribution in [2.24, 2.45) is 0 Å². The van der Waals surface area contributed by atoms with Crippen LogP contribution in [-0.2, 0) is 24.1 Å². The maximum Gasteiger partial charge on any atom is 0.270 e. The van der Waals surface area contributed by atoms with Gasteiger partial charge in [0, 0.05) is 37.4 Å². The molecular formula is C33H40N4O5S. The molecule has 3 aromatic rings. The summed E-state index contributed by atoms with van der Waals surface area (Å²) in [7, 11) is 2.70. The molecule has 2 aliphatic rings. The van der Waals surface area contributed by atoms with Gasteiger partial charge in [0.25, 0.3) is 5.91 Å². The lowest BCUT2D eigenvalue weighted by Gasteiger charge is -2.30. The van der Waals surface area contributed by atoms with Gasteiger partial charge < -0.3 is 24.8 Å². The van der Waals surface area contributed by atoms with Crippen LogP contribution >= 0.6 is 0 Å². The lowest BCUT2D eigenvalue weighted by molar-refractivity contribution is 0.0945. The van der Waals surface area contributed by atoms with E-state index in [1.54, 1.807) is 6.07 Å². The van der Waals surface area contributed by atoms with Crippen LogP contribution in [0.2, 0.25) is 0 Å². The van der Waals surface area contributed by atoms with Gasteiger partial charge in [-0.05, 0) is 82.2 Å². The van der Waals surface area contributed by atoms with Crippen LogP contribution in [0, 0.1) is 0 Å². The van der Waals surface area contributed by atoms with Crippen molar-refractivity contribution in [2.75, 3.05) is 34.0 Å². The van der Waals surface area contributed by atoms with E-state index in [1.165, 1.54) is 0 Å². The van der Waals surface area contributed by atoms with E-state index in [4.69, 9.17) is 14.5 Å². The Hall–Kier alpha value is -3.57. The highest BCUT2D eigenvalue weighted by atomic mass is 32.2. The maximum absolute atomic E-state index is 13.7. The molecule has 10 heteroatoms. The van der Waals surface area contributed by atoms with Crippen molar-refractivity contribution < 1.29 is 23.6 Å². The molecule has 5 rings (SSSR count). The Labute approximate surface area is 256 Å². The van der Waals surface area contributed by atoms with Crippen molar-refractivity contribution in [1.82, 2.24) is 19.5 Å². The van der Waals surface area contributed by atoms with E-state index >= 15 is 0 Å². The van der Waals surface area contributed by atoms with Gasteiger partial charge in [-0.15, -0.1) is 0 Å². The fraction of sp³-hybridized carbons (Fsp3) is 0.394. The quantitative estimate of drug-likeness (QED) is 0.346. The molecule has 0 bridgehead atoms. The Balaban J connectivity index is 1.52. The molecule has 2 atom stereocenters. The summed E-state index contributed by atoms with van der Waals surface area (Å²) >= 11 is 0. The summed E-state index contributed by atoms with van der Waals surface area (Å²) in [4.78, 5) is 20.5. The molecule has 0 unspecified atom stereocenters. The molecule has 0 aliphatic carbocycles. The Kier molecular flexibility index (Phi) is 9.31. The highest BCUT2D eigenvalue weighted by molar-refractivity contribution is 7.84. The third kappa shape index (κ3) is 6.99. The van der Waals surface area contributed by atoms with Crippen LogP contribution in [0.4, 0.5) is 0 Å². The normalized spacial score (nSPS) is 17.0. The number of nitrogens with one attached hydrogen (secondary N) is 1. The Morgan fingerprint density at radius 1 is 1.16 bits per heavy atom. The number of fused-ring (bicyclic) bond motifs is 2. The summed E-state index contributed by atoms with van der Waals surface area (Å²) in [6.45, 7) is 7.45. The molecule has 2 aromatic carbocycles. The van der Waals surface area contributed by atoms with E-state index in [0.29, 0.717) is 36.7 Å². The molecule has 0 radical (unpaired) electrons. The van der Waals surface area contributed by atoms with Gasteiger partial charge in [-0.25, -0.2) is 13.5 Å². The molecule has 2 N–H and O–H groups in total. The van der Waals surface area contributed by atoms with E-state index in [-0.39, 0.29) is 31.0 Å². The average molecular weight is 605 g/mol. The predicted octanol–water partition coefficient (Wildman–Crippen LogP) is 4.68. The average Bonchev–Trinajstić information content (AvgIpc) is 3.59. The highest BCUT2D eigenvalue weighted by Crippen LogP contribution is 2.44. The lowest BCUT2D eigenvalue weighted by Crippen LogP contribution is -2.36. The number of ether oxygens (including phenoxy) is 2. The summed E-state index contributed by atoms with van der Waals surface area (Å²) in [5, 5.41) is 13.0. The number of hydrogen-bond acceptors (Lipinski definition) is 7. The van der Waals surface area contributed by atoms with Crippen molar-refractivity contribution in [1.29, 1.82) is 0 Å². The van der Waals surface area contributed by atoms with Crippen LogP contribution in [0.5, 0.6) is 11.5 Å². The minimum Gasteiger partial charge on any atom is -0.454 e. The zero-order valence-corrected chi connectivity index (χ0v) is 26.2. The number of carbonyl (C=O) groups is 1. The first-order valence-corrected chi connectivity index (χ1v) is 15.6. The van der Waals surface area contributed by atoms with E-state index in [2.05, 4.69) is 28.4 Å². The first-order valence-electron chi connectivity index (χ1n) is 14.5. The second-order valence-corrected chi connectivity index (χ2v) is 14.2. The number of rotatable bonds is 10. The molecule has 3 heterocycles. The molecule has 9 nitrogen and oxygen atoms in total. The number of aliphatic hydroxyl groups is 1. The van der Waals surface area contributed by atoms with Gasteiger partial charge in [0.1, 0.15) is 16.7 Å². The Bertz CT molecular complexity index is 1550. The topological polar surface area (TPSA) is 104 Å². The van der Waals surface area contributed by atoms with Crippen LogP contribution in [0.3, 0.4) is 0 Å². The number of benzene rings is 2. The Morgan fingerprint density at radius 2 is 1.95 bits per heavy atom. The van der Waals surface area contributed by atoms with Crippen LogP contribution in [0.15, 0.2) is 54.6 Å². The third-order valence-corrected chi connectivity index (χ3v) is 9.21. The molecule has 43 heavy (non-hydrogen) atoms. The standard InChI is InChI=1S/C33H40N4O5S/c1-33(2,3)43(40)37-20-25-18-26(32(39)34-19-23-11-12-28-29(17-23)42-21-41-28)35-31(30(25)27(37)13-15-38)24-10-6-8-22(16-24)9-7-14-36(4)5/h6-12,16-18,27,38H,13-15,19-21H2,1-5H3,(H,34,39)/b9-7-/t27-,43-/m1/s1. The summed E-state index contributed by atoms with van der Waals surface area (Å²) in [6.07, 6.45) is 4.57. The van der Waals surface area contributed by atoms with Crippen LogP contribution in [0.25, 0.3) is 17.3 Å². The van der Waals surface area contributed by atoms with Crippen molar-refractivity contribution in [3.63, 3.8) is 0 Å². The molecule has 0 saturated carbocycles. The van der Waals surface area contributed by atoms with Gasteiger partial charge in [-0.2, -0.15) is 0 Å². The van der Waals surface area contributed by atoms with Crippen LogP contribution < -0.4 is 14.8 Å². The smallest absolute Gasteiger partial charge is 0.270 e. The molecule has 2 aliphatic heterocycles. The van der Waals surface area contributed by atoms with Gasteiger partial charge in [-0.1, -0.05) is 36.4 Å². The predicted molar refractivity (Wildman–Crippen MR) is 169 cm³/mol. The monoisotopic (exact) mass is 604 g/mol. The Morgan fingerprint density at radius 3 is 2.70 bits per heavy atom. The SMILES string of the molecule is CN(C)C/C=C\c1cccc(-c2nc(C(=O)NCc3ccc4c(c3)OCO4)cc3c2[C@@H](CCO)N([S@](=O)C(C)(C)C)C3)c1. The molecular weight excluding hydrogens is 564 g/mol. The van der Waals surface area contributed by atoms with Crippen molar-refractivity contribution >= 4 is 23.0 Å². The number of aliphatic hydroxyl groups excluding tert-OH is 1. The first kappa shape index (κ1) is 30.9. The number of hydrogen-bond donors (Lipinski definition) is 2. The molecule has 0 spiro atoms. The van der Waals surface area contributed by atoms with E-state index in [9.17, 15) is 14.1 Å². The van der Waals surface area contributed by atoms with Gasteiger partial charge >= 0.3 is 0 Å². The zero-order valence-electron chi connectivity index (χ0n) is 25.4. The fourth-order valence-electron chi connectivity index (χ4n) is 5.32. The third-order valence-electron chi connectivity index (χ3n) is 7.35. The molecule has 0 saturated heterocycles. The summed E-state index contributed by atoms with van der Waals surface area (Å²) < 4.78 is 26.0. The minimum atomic E-state index is -1.34. The number of carbonyl (C=O) groups excluding carboxylic acids is 1. The molecule has 1 amide bonds. The number of aromatic nitrogens is 1. The van der Waals surface area contributed by atoms with E-state index in [0.717, 1.165) is 34.4 Å². The fourth-order valence-corrected chi connectivity index (χ4v) is 6.72. The van der Waals surface area contributed by atoms with Gasteiger partial charge in [-0.3, -0.25) is 4.79 Å². The first-order chi connectivity index (χ1) is 20.5. The van der Waals surface area contributed by atoms with E-state index < -0.39 is 15.7 Å². The summed E-state index contributed by atoms with van der Waals surface area (Å²) in [6, 6.07) is 15.1. The number of nitrogens with zero attached hydrogens (tertiary/aromatic N) is 3. The minimum absolute atomic E-state index is 0.0630. The maximum atomic E-state index is 13.7. The number of likely N-dealkylation sites (N-methyl/N-ethyl adjacent to an activating group) is 1. The molecule has 228 valence electrons. The van der Waals surface area contributed by atoms with Crippen molar-refractivity contribution in [3.8, 4) is 22.8 Å². The van der Waals surface area contributed by atoms with Crippen LogP contribution in [-0.4, -0.2) is 68.2 Å². The van der Waals surface area contributed by atoms with Gasteiger partial charge in [0.15, 0.2) is 11.5 Å². The summed E-state index contributed by atoms with van der Waals surface area (Å²) in [5.41, 5.74) is 5.51. The van der Waals surface area contributed by atoms with Gasteiger partial charge in [0.05, 0.1) is 16.5 Å². The van der Waals surface area contributed by atoms with E-state index in [1.807, 2.05) is 75.6 Å². The highest BCUT2D eigenvalue weighted by Gasteiger charge is 2.40. The summed E-state index contributed by atoms with van der Waals surface area (Å²) in [5.74, 6) is 1.04. The van der Waals surface area contributed by atoms with Crippen molar-refractivity contribution in [3.05, 3.63) is 82.6 Å². The van der Waals surface area contributed by atoms with Crippen LogP contribution in [0.1, 0.15) is 66.0 Å². The largest absolute Gasteiger partial charge is 0.454 e. The number of amides is 1. The second-order valence-electron chi connectivity index (χ2n) is 12.1. The lowest BCUT2D eigenvalue weighted by atomic mass is 9.95. The molecule has 0 fully saturated rings. The van der Waals surface area contributed by atoms with Gasteiger partial charge in [0.2, 0.25) is 6.79 Å².